The summed E-state index contributed by atoms with van der Waals surface area (Å²) in [6.45, 7) is 3.31. The van der Waals surface area contributed by atoms with E-state index in [4.69, 9.17) is 0 Å². The van der Waals surface area contributed by atoms with Gasteiger partial charge in [-0.2, -0.15) is 0 Å². The first-order valence-electron chi connectivity index (χ1n) is 7.54. The van der Waals surface area contributed by atoms with E-state index in [1.54, 1.807) is 0 Å². The van der Waals surface area contributed by atoms with Crippen LogP contribution >= 0.6 is 0 Å². The predicted molar refractivity (Wildman–Crippen MR) is 75.4 cm³/mol. The summed E-state index contributed by atoms with van der Waals surface area (Å²) in [5.41, 5.74) is 0. The van der Waals surface area contributed by atoms with Crippen LogP contribution in [-0.4, -0.2) is 32.5 Å². The monoisotopic (exact) mass is 273 g/mol. The van der Waals surface area contributed by atoms with Gasteiger partial charge in [0.2, 0.25) is 0 Å². The molecule has 0 radical (unpaired) electrons. The van der Waals surface area contributed by atoms with E-state index in [1.807, 2.05) is 0 Å². The molecule has 1 aliphatic heterocycles. The number of hydrogen-bond acceptors (Lipinski definition) is 3. The van der Waals surface area contributed by atoms with Gasteiger partial charge in [0.15, 0.2) is 0 Å². The minimum absolute atomic E-state index is 0.404. The molecule has 4 heteroatoms. The molecule has 0 bridgehead atoms. The molecule has 0 unspecified atom stereocenters. The first-order valence-corrected chi connectivity index (χ1v) is 9.36. The van der Waals surface area contributed by atoms with E-state index in [0.717, 1.165) is 25.3 Å². The number of hydrogen-bond donors (Lipinski definition) is 1. The molecule has 2 aliphatic rings. The van der Waals surface area contributed by atoms with Crippen LogP contribution in [0.15, 0.2) is 0 Å². The maximum atomic E-state index is 11.4. The van der Waals surface area contributed by atoms with E-state index in [-0.39, 0.29) is 0 Å². The second-order valence-electron chi connectivity index (χ2n) is 6.06. The van der Waals surface area contributed by atoms with Crippen molar-refractivity contribution >= 4 is 9.84 Å². The highest BCUT2D eigenvalue weighted by Crippen LogP contribution is 2.27. The summed E-state index contributed by atoms with van der Waals surface area (Å²) < 4.78 is 22.8. The Bertz CT molecular complexity index is 339. The number of sulfone groups is 1. The Balaban J connectivity index is 1.74. The van der Waals surface area contributed by atoms with Gasteiger partial charge in [0.1, 0.15) is 9.84 Å². The fourth-order valence-corrected chi connectivity index (χ4v) is 5.02. The smallest absolute Gasteiger partial charge is 0.150 e. The number of rotatable bonds is 4. The molecule has 1 aliphatic carbocycles. The third kappa shape index (κ3) is 3.95. The second kappa shape index (κ2) is 6.38. The molecule has 2 fully saturated rings. The van der Waals surface area contributed by atoms with E-state index < -0.39 is 9.84 Å². The molecule has 2 atom stereocenters. The van der Waals surface area contributed by atoms with Crippen molar-refractivity contribution in [1.29, 1.82) is 0 Å². The standard InChI is InChI=1S/C14H27NO2S/c1-2-13-5-3-4-6-14(13)15-11-12-7-9-18(16,17)10-8-12/h12-15H,2-11H2,1H3/t13-,14-/m0/s1. The molecule has 1 N–H and O–H groups in total. The molecule has 1 saturated carbocycles. The zero-order chi connectivity index (χ0) is 13.0. The summed E-state index contributed by atoms with van der Waals surface area (Å²) in [5, 5.41) is 3.72. The molecule has 2 rings (SSSR count). The van der Waals surface area contributed by atoms with Crippen molar-refractivity contribution in [2.45, 2.75) is 57.9 Å². The first-order chi connectivity index (χ1) is 8.61. The average Bonchev–Trinajstić information content (AvgIpc) is 2.38. The van der Waals surface area contributed by atoms with Crippen molar-refractivity contribution in [3.8, 4) is 0 Å². The summed E-state index contributed by atoms with van der Waals surface area (Å²) in [4.78, 5) is 0. The SMILES string of the molecule is CC[C@H]1CCCC[C@@H]1NCC1CCS(=O)(=O)CC1. The second-order valence-corrected chi connectivity index (χ2v) is 8.37. The zero-order valence-electron chi connectivity index (χ0n) is 11.5. The lowest BCUT2D eigenvalue weighted by Crippen LogP contribution is -2.42. The zero-order valence-corrected chi connectivity index (χ0v) is 12.3. The summed E-state index contributed by atoms with van der Waals surface area (Å²) >= 11 is 0. The van der Waals surface area contributed by atoms with Gasteiger partial charge in [-0.1, -0.05) is 26.2 Å². The van der Waals surface area contributed by atoms with Crippen LogP contribution in [0.5, 0.6) is 0 Å². The van der Waals surface area contributed by atoms with E-state index in [0.29, 0.717) is 23.5 Å². The van der Waals surface area contributed by atoms with Crippen molar-refractivity contribution in [3.63, 3.8) is 0 Å². The van der Waals surface area contributed by atoms with Crippen molar-refractivity contribution in [2.75, 3.05) is 18.1 Å². The largest absolute Gasteiger partial charge is 0.313 e. The minimum atomic E-state index is -2.70. The average molecular weight is 273 g/mol. The Morgan fingerprint density at radius 2 is 1.72 bits per heavy atom. The lowest BCUT2D eigenvalue weighted by Gasteiger charge is -2.33. The van der Waals surface area contributed by atoms with Crippen LogP contribution in [0.3, 0.4) is 0 Å². The summed E-state index contributed by atoms with van der Waals surface area (Å²) in [6, 6.07) is 0.683. The predicted octanol–water partition coefficient (Wildman–Crippen LogP) is 2.37. The molecular weight excluding hydrogens is 246 g/mol. The molecule has 0 aromatic rings. The Hall–Kier alpha value is -0.0900. The quantitative estimate of drug-likeness (QED) is 0.855. The molecule has 18 heavy (non-hydrogen) atoms. The maximum absolute atomic E-state index is 11.4. The Morgan fingerprint density at radius 1 is 1.06 bits per heavy atom. The fourth-order valence-electron chi connectivity index (χ4n) is 3.43. The molecular formula is C14H27NO2S. The van der Waals surface area contributed by atoms with E-state index in [9.17, 15) is 8.42 Å². The van der Waals surface area contributed by atoms with Crippen molar-refractivity contribution in [2.24, 2.45) is 11.8 Å². The van der Waals surface area contributed by atoms with Gasteiger partial charge in [0.05, 0.1) is 11.5 Å². The molecule has 3 nitrogen and oxygen atoms in total. The van der Waals surface area contributed by atoms with Crippen LogP contribution in [0.1, 0.15) is 51.9 Å². The van der Waals surface area contributed by atoms with Crippen LogP contribution in [-0.2, 0) is 9.84 Å². The minimum Gasteiger partial charge on any atom is -0.313 e. The van der Waals surface area contributed by atoms with E-state index in [2.05, 4.69) is 12.2 Å². The fraction of sp³-hybridized carbons (Fsp3) is 1.00. The van der Waals surface area contributed by atoms with Crippen LogP contribution in [0.4, 0.5) is 0 Å². The Labute approximate surface area is 112 Å². The van der Waals surface area contributed by atoms with Crippen LogP contribution in [0, 0.1) is 11.8 Å². The van der Waals surface area contributed by atoms with Gasteiger partial charge >= 0.3 is 0 Å². The van der Waals surface area contributed by atoms with Crippen molar-refractivity contribution in [1.82, 2.24) is 5.32 Å². The van der Waals surface area contributed by atoms with Gasteiger partial charge in [0, 0.05) is 6.04 Å². The molecule has 0 aromatic heterocycles. The highest BCUT2D eigenvalue weighted by atomic mass is 32.2. The number of nitrogens with one attached hydrogen (secondary N) is 1. The Kier molecular flexibility index (Phi) is 5.07. The third-order valence-electron chi connectivity index (χ3n) is 4.78. The molecule has 106 valence electrons. The highest BCUT2D eigenvalue weighted by Gasteiger charge is 2.26. The summed E-state index contributed by atoms with van der Waals surface area (Å²) in [6.07, 6.45) is 8.41. The lowest BCUT2D eigenvalue weighted by molar-refractivity contribution is 0.243. The lowest BCUT2D eigenvalue weighted by atomic mass is 9.82. The van der Waals surface area contributed by atoms with Gasteiger partial charge in [0.25, 0.3) is 0 Å². The van der Waals surface area contributed by atoms with Gasteiger partial charge < -0.3 is 5.32 Å². The summed E-state index contributed by atoms with van der Waals surface area (Å²) in [5.74, 6) is 2.22. The van der Waals surface area contributed by atoms with E-state index in [1.165, 1.54) is 32.1 Å². The van der Waals surface area contributed by atoms with Crippen LogP contribution in [0.2, 0.25) is 0 Å². The molecule has 0 spiro atoms. The molecule has 0 aromatic carbocycles. The highest BCUT2D eigenvalue weighted by molar-refractivity contribution is 7.91. The normalized spacial score (nSPS) is 33.4. The maximum Gasteiger partial charge on any atom is 0.150 e. The summed E-state index contributed by atoms with van der Waals surface area (Å²) in [7, 11) is -2.70. The van der Waals surface area contributed by atoms with Crippen molar-refractivity contribution in [3.05, 3.63) is 0 Å². The van der Waals surface area contributed by atoms with Gasteiger partial charge in [-0.05, 0) is 44.1 Å². The van der Waals surface area contributed by atoms with Crippen LogP contribution < -0.4 is 5.32 Å². The Morgan fingerprint density at radius 3 is 2.39 bits per heavy atom. The van der Waals surface area contributed by atoms with E-state index >= 15 is 0 Å². The topological polar surface area (TPSA) is 46.2 Å². The molecule has 1 saturated heterocycles. The van der Waals surface area contributed by atoms with Gasteiger partial charge in [-0.3, -0.25) is 0 Å². The molecule has 0 amide bonds. The van der Waals surface area contributed by atoms with Gasteiger partial charge in [-0.15, -0.1) is 0 Å². The van der Waals surface area contributed by atoms with Crippen molar-refractivity contribution < 1.29 is 8.42 Å². The third-order valence-corrected chi connectivity index (χ3v) is 6.49. The first kappa shape index (κ1) is 14.3. The molecule has 1 heterocycles. The van der Waals surface area contributed by atoms with Crippen LogP contribution in [0.25, 0.3) is 0 Å². The van der Waals surface area contributed by atoms with Gasteiger partial charge in [-0.25, -0.2) is 8.42 Å².